The highest BCUT2D eigenvalue weighted by Crippen LogP contribution is 2.58. The van der Waals surface area contributed by atoms with E-state index in [4.69, 9.17) is 8.85 Å². The topological polar surface area (TPSA) is 18.5 Å². The lowest BCUT2D eigenvalue weighted by Crippen LogP contribution is -2.56. The third-order valence-corrected chi connectivity index (χ3v) is 10.7. The number of rotatable bonds is 6. The molecular formula is C16H32O2Si. The van der Waals surface area contributed by atoms with Gasteiger partial charge in [0, 0.05) is 23.8 Å². The first-order valence-electron chi connectivity index (χ1n) is 8.46. The van der Waals surface area contributed by atoms with Crippen molar-refractivity contribution in [1.82, 2.24) is 0 Å². The summed E-state index contributed by atoms with van der Waals surface area (Å²) in [4.78, 5) is 0. The van der Waals surface area contributed by atoms with Crippen LogP contribution < -0.4 is 0 Å². The average Bonchev–Trinajstić information content (AvgIpc) is 2.93. The van der Waals surface area contributed by atoms with Gasteiger partial charge in [-0.2, -0.15) is 0 Å². The maximum Gasteiger partial charge on any atom is 0.347 e. The molecule has 0 amide bonds. The van der Waals surface area contributed by atoms with Crippen molar-refractivity contribution in [3.05, 3.63) is 0 Å². The lowest BCUT2D eigenvalue weighted by molar-refractivity contribution is 0.130. The van der Waals surface area contributed by atoms with Crippen LogP contribution in [0.5, 0.6) is 0 Å². The molecule has 0 atom stereocenters. The fourth-order valence-electron chi connectivity index (χ4n) is 4.53. The van der Waals surface area contributed by atoms with Crippen LogP contribution in [0.4, 0.5) is 0 Å². The largest absolute Gasteiger partial charge is 0.394 e. The smallest absolute Gasteiger partial charge is 0.347 e. The molecule has 0 aromatic rings. The van der Waals surface area contributed by atoms with E-state index in [2.05, 4.69) is 20.8 Å². The van der Waals surface area contributed by atoms with E-state index in [1.165, 1.54) is 57.8 Å². The van der Waals surface area contributed by atoms with Gasteiger partial charge in [-0.05, 0) is 39.5 Å². The van der Waals surface area contributed by atoms with E-state index >= 15 is 0 Å². The van der Waals surface area contributed by atoms with Crippen molar-refractivity contribution in [2.24, 2.45) is 0 Å². The van der Waals surface area contributed by atoms with Gasteiger partial charge in [-0.1, -0.05) is 39.0 Å². The molecule has 0 saturated heterocycles. The summed E-state index contributed by atoms with van der Waals surface area (Å²) in [7, 11) is -2.09. The zero-order valence-electron chi connectivity index (χ0n) is 13.2. The molecule has 2 fully saturated rings. The predicted octanol–water partition coefficient (Wildman–Crippen LogP) is 5.17. The van der Waals surface area contributed by atoms with Crippen LogP contribution in [0.2, 0.25) is 10.6 Å². The quantitative estimate of drug-likeness (QED) is 0.626. The van der Waals surface area contributed by atoms with Crippen LogP contribution in [0.1, 0.15) is 78.6 Å². The first-order valence-corrected chi connectivity index (χ1v) is 10.4. The molecule has 19 heavy (non-hydrogen) atoms. The summed E-state index contributed by atoms with van der Waals surface area (Å²) in [6.07, 6.45) is 12.3. The van der Waals surface area contributed by atoms with Crippen LogP contribution in [0.3, 0.4) is 0 Å². The fraction of sp³-hybridized carbons (Fsp3) is 1.00. The Labute approximate surface area is 120 Å². The molecule has 3 heteroatoms. The van der Waals surface area contributed by atoms with E-state index in [9.17, 15) is 0 Å². The Hall–Kier alpha value is 0.137. The monoisotopic (exact) mass is 284 g/mol. The zero-order chi connectivity index (χ0) is 13.8. The summed E-state index contributed by atoms with van der Waals surface area (Å²) in [5.74, 6) is 0. The third-order valence-electron chi connectivity index (χ3n) is 5.41. The fourth-order valence-corrected chi connectivity index (χ4v) is 9.85. The third kappa shape index (κ3) is 2.93. The van der Waals surface area contributed by atoms with Gasteiger partial charge < -0.3 is 8.85 Å². The Bertz CT molecular complexity index is 262. The van der Waals surface area contributed by atoms with Crippen LogP contribution in [-0.4, -0.2) is 21.8 Å². The van der Waals surface area contributed by atoms with Crippen LogP contribution in [0, 0.1) is 0 Å². The normalized spacial score (nSPS) is 24.8. The van der Waals surface area contributed by atoms with Gasteiger partial charge in [-0.3, -0.25) is 0 Å². The van der Waals surface area contributed by atoms with Gasteiger partial charge in [0.05, 0.1) is 0 Å². The van der Waals surface area contributed by atoms with Crippen molar-refractivity contribution < 1.29 is 8.85 Å². The maximum absolute atomic E-state index is 6.51. The summed E-state index contributed by atoms with van der Waals surface area (Å²) >= 11 is 0. The standard InChI is InChI=1S/C16H32O2Si/c1-4-17-19(18-5-2,15-11-7-8-12-15)16(3)13-9-6-10-14-16/h15H,4-14H2,1-3H3. The Morgan fingerprint density at radius 2 is 1.42 bits per heavy atom. The molecule has 0 unspecified atom stereocenters. The van der Waals surface area contributed by atoms with Gasteiger partial charge in [0.15, 0.2) is 0 Å². The van der Waals surface area contributed by atoms with Crippen molar-refractivity contribution in [3.63, 3.8) is 0 Å². The summed E-state index contributed by atoms with van der Waals surface area (Å²) in [5.41, 5.74) is 0.746. The Morgan fingerprint density at radius 3 is 1.89 bits per heavy atom. The van der Waals surface area contributed by atoms with Crippen molar-refractivity contribution in [1.29, 1.82) is 0 Å². The molecule has 112 valence electrons. The van der Waals surface area contributed by atoms with Crippen LogP contribution in [0.25, 0.3) is 0 Å². The second-order valence-electron chi connectivity index (χ2n) is 6.64. The van der Waals surface area contributed by atoms with E-state index in [1.54, 1.807) is 0 Å². The minimum absolute atomic E-state index is 0.353. The number of hydrogen-bond acceptors (Lipinski definition) is 2. The molecule has 0 spiro atoms. The first-order chi connectivity index (χ1) is 9.18. The van der Waals surface area contributed by atoms with Gasteiger partial charge in [0.1, 0.15) is 0 Å². The highest BCUT2D eigenvalue weighted by molar-refractivity contribution is 6.72. The molecule has 2 saturated carbocycles. The Balaban J connectivity index is 2.28. The van der Waals surface area contributed by atoms with E-state index in [1.807, 2.05) is 0 Å². The Kier molecular flexibility index (Phi) is 5.50. The van der Waals surface area contributed by atoms with Gasteiger partial charge in [-0.15, -0.1) is 0 Å². The van der Waals surface area contributed by atoms with E-state index in [0.29, 0.717) is 5.04 Å². The van der Waals surface area contributed by atoms with Crippen molar-refractivity contribution >= 4 is 8.56 Å². The lowest BCUT2D eigenvalue weighted by atomic mass is 9.90. The van der Waals surface area contributed by atoms with E-state index in [0.717, 1.165) is 18.8 Å². The zero-order valence-corrected chi connectivity index (χ0v) is 14.2. The van der Waals surface area contributed by atoms with Gasteiger partial charge in [-0.25, -0.2) is 0 Å². The molecule has 0 aliphatic heterocycles. The van der Waals surface area contributed by atoms with Gasteiger partial charge in [0.2, 0.25) is 0 Å². The highest BCUT2D eigenvalue weighted by atomic mass is 28.4. The first kappa shape index (κ1) is 15.5. The molecule has 0 radical (unpaired) electrons. The molecule has 0 bridgehead atoms. The molecule has 2 aliphatic carbocycles. The molecule has 0 aromatic heterocycles. The van der Waals surface area contributed by atoms with E-state index in [-0.39, 0.29) is 0 Å². The van der Waals surface area contributed by atoms with Crippen LogP contribution >= 0.6 is 0 Å². The molecular weight excluding hydrogens is 252 g/mol. The van der Waals surface area contributed by atoms with Crippen molar-refractivity contribution in [2.75, 3.05) is 13.2 Å². The minimum Gasteiger partial charge on any atom is -0.394 e. The van der Waals surface area contributed by atoms with E-state index < -0.39 is 8.56 Å². The summed E-state index contributed by atoms with van der Waals surface area (Å²) in [6.45, 7) is 8.46. The molecule has 2 nitrogen and oxygen atoms in total. The van der Waals surface area contributed by atoms with Crippen molar-refractivity contribution in [2.45, 2.75) is 89.1 Å². The molecule has 0 aromatic carbocycles. The summed E-state index contributed by atoms with van der Waals surface area (Å²) in [5, 5.41) is 0.353. The molecule has 2 rings (SSSR count). The molecule has 2 aliphatic rings. The lowest BCUT2D eigenvalue weighted by Gasteiger charge is -2.50. The van der Waals surface area contributed by atoms with Crippen LogP contribution in [0.15, 0.2) is 0 Å². The predicted molar refractivity (Wildman–Crippen MR) is 82.7 cm³/mol. The number of hydrogen-bond donors (Lipinski definition) is 0. The average molecular weight is 285 g/mol. The summed E-state index contributed by atoms with van der Waals surface area (Å²) in [6, 6.07) is 0. The van der Waals surface area contributed by atoms with Gasteiger partial charge >= 0.3 is 8.56 Å². The summed E-state index contributed by atoms with van der Waals surface area (Å²) < 4.78 is 13.0. The second kappa shape index (κ2) is 6.73. The maximum atomic E-state index is 6.51. The SMILES string of the molecule is CCO[Si](OCC)(C1CCCC1)C1(C)CCCCC1. The molecule has 0 heterocycles. The van der Waals surface area contributed by atoms with Crippen molar-refractivity contribution in [3.8, 4) is 0 Å². The molecule has 0 N–H and O–H groups in total. The minimum atomic E-state index is -2.09. The Morgan fingerprint density at radius 1 is 0.895 bits per heavy atom. The highest BCUT2D eigenvalue weighted by Gasteiger charge is 2.59. The van der Waals surface area contributed by atoms with Crippen LogP contribution in [-0.2, 0) is 8.85 Å². The van der Waals surface area contributed by atoms with Gasteiger partial charge in [0.25, 0.3) is 0 Å². The second-order valence-corrected chi connectivity index (χ2v) is 10.6.